The molecule has 0 bridgehead atoms. The maximum Gasteiger partial charge on any atom is 0.0731 e. The highest BCUT2D eigenvalue weighted by atomic mass is 35.5. The summed E-state index contributed by atoms with van der Waals surface area (Å²) in [5, 5.41) is 4.38. The Balaban J connectivity index is 1.58. The first-order chi connectivity index (χ1) is 9.25. The lowest BCUT2D eigenvalue weighted by molar-refractivity contribution is 0.118. The summed E-state index contributed by atoms with van der Waals surface area (Å²) in [4.78, 5) is 0. The van der Waals surface area contributed by atoms with E-state index in [1.54, 1.807) is 0 Å². The summed E-state index contributed by atoms with van der Waals surface area (Å²) in [5.74, 6) is 0.871. The van der Waals surface area contributed by atoms with Crippen molar-refractivity contribution in [3.05, 3.63) is 34.9 Å². The Morgan fingerprint density at radius 2 is 2.16 bits per heavy atom. The first-order valence-corrected chi connectivity index (χ1v) is 7.68. The zero-order chi connectivity index (χ0) is 13.5. The van der Waals surface area contributed by atoms with E-state index in [-0.39, 0.29) is 0 Å². The molecule has 1 saturated carbocycles. The number of nitrogens with one attached hydrogen (secondary N) is 1. The second-order valence-electron chi connectivity index (χ2n) is 5.57. The van der Waals surface area contributed by atoms with E-state index in [0.717, 1.165) is 29.7 Å². The van der Waals surface area contributed by atoms with Gasteiger partial charge in [-0.15, -0.1) is 0 Å². The van der Waals surface area contributed by atoms with Crippen LogP contribution < -0.4 is 5.32 Å². The van der Waals surface area contributed by atoms with Gasteiger partial charge in [0.05, 0.1) is 13.2 Å². The van der Waals surface area contributed by atoms with Crippen LogP contribution >= 0.6 is 11.6 Å². The van der Waals surface area contributed by atoms with Gasteiger partial charge in [0.1, 0.15) is 0 Å². The Bertz CT molecular complexity index is 383. The van der Waals surface area contributed by atoms with E-state index in [1.807, 2.05) is 24.3 Å². The summed E-state index contributed by atoms with van der Waals surface area (Å²) in [6, 6.07) is 8.54. The molecule has 0 aromatic heterocycles. The van der Waals surface area contributed by atoms with Crippen LogP contribution in [-0.2, 0) is 11.3 Å². The summed E-state index contributed by atoms with van der Waals surface area (Å²) < 4.78 is 5.67. The zero-order valence-corrected chi connectivity index (χ0v) is 12.5. The molecule has 0 radical (unpaired) electrons. The maximum atomic E-state index is 6.08. The smallest absolute Gasteiger partial charge is 0.0731 e. The molecule has 1 aliphatic carbocycles. The molecule has 2 unspecified atom stereocenters. The minimum Gasteiger partial charge on any atom is -0.375 e. The normalized spacial score (nSPS) is 23.5. The Morgan fingerprint density at radius 1 is 1.32 bits per heavy atom. The van der Waals surface area contributed by atoms with Gasteiger partial charge in [0.15, 0.2) is 0 Å². The van der Waals surface area contributed by atoms with Crippen LogP contribution in [0, 0.1) is 5.92 Å². The van der Waals surface area contributed by atoms with Crippen LogP contribution in [0.15, 0.2) is 24.3 Å². The first-order valence-electron chi connectivity index (χ1n) is 7.30. The van der Waals surface area contributed by atoms with Crippen LogP contribution in [0.5, 0.6) is 0 Å². The van der Waals surface area contributed by atoms with Gasteiger partial charge in [0.2, 0.25) is 0 Å². The molecule has 19 heavy (non-hydrogen) atoms. The molecule has 2 atom stereocenters. The SMILES string of the molecule is CC1CCCC(NCCOCc2ccccc2Cl)C1. The van der Waals surface area contributed by atoms with Gasteiger partial charge in [-0.2, -0.15) is 0 Å². The average Bonchev–Trinajstić information content (AvgIpc) is 2.40. The highest BCUT2D eigenvalue weighted by Gasteiger charge is 2.17. The average molecular weight is 282 g/mol. The topological polar surface area (TPSA) is 21.3 Å². The number of benzene rings is 1. The molecule has 1 aromatic rings. The fraction of sp³-hybridized carbons (Fsp3) is 0.625. The van der Waals surface area contributed by atoms with Crippen LogP contribution in [-0.4, -0.2) is 19.2 Å². The van der Waals surface area contributed by atoms with E-state index in [9.17, 15) is 0 Å². The lowest BCUT2D eigenvalue weighted by Gasteiger charge is -2.27. The van der Waals surface area contributed by atoms with Crippen LogP contribution in [0.3, 0.4) is 0 Å². The minimum atomic E-state index is 0.600. The molecule has 0 amide bonds. The summed E-state index contributed by atoms with van der Waals surface area (Å²) in [6.45, 7) is 4.63. The Kier molecular flexibility index (Phi) is 6.15. The van der Waals surface area contributed by atoms with Crippen molar-refractivity contribution in [2.24, 2.45) is 5.92 Å². The maximum absolute atomic E-state index is 6.08. The van der Waals surface area contributed by atoms with Crippen molar-refractivity contribution in [3.8, 4) is 0 Å². The van der Waals surface area contributed by atoms with Gasteiger partial charge < -0.3 is 10.1 Å². The summed E-state index contributed by atoms with van der Waals surface area (Å²) >= 11 is 6.08. The predicted octanol–water partition coefficient (Wildman–Crippen LogP) is 4.02. The zero-order valence-electron chi connectivity index (χ0n) is 11.7. The van der Waals surface area contributed by atoms with E-state index in [4.69, 9.17) is 16.3 Å². The lowest BCUT2D eigenvalue weighted by atomic mass is 9.87. The first kappa shape index (κ1) is 14.8. The van der Waals surface area contributed by atoms with Crippen molar-refractivity contribution in [2.45, 2.75) is 45.3 Å². The Labute approximate surface area is 121 Å². The van der Waals surface area contributed by atoms with Gasteiger partial charge in [-0.25, -0.2) is 0 Å². The van der Waals surface area contributed by atoms with E-state index >= 15 is 0 Å². The van der Waals surface area contributed by atoms with Gasteiger partial charge in [0.25, 0.3) is 0 Å². The summed E-state index contributed by atoms with van der Waals surface area (Å²) in [6.07, 6.45) is 5.37. The molecule has 0 heterocycles. The van der Waals surface area contributed by atoms with Crippen LogP contribution in [0.2, 0.25) is 5.02 Å². The number of hydrogen-bond donors (Lipinski definition) is 1. The Hall–Kier alpha value is -0.570. The molecular formula is C16H24ClNO. The van der Waals surface area contributed by atoms with Crippen molar-refractivity contribution >= 4 is 11.6 Å². The molecule has 2 nitrogen and oxygen atoms in total. The fourth-order valence-corrected chi connectivity index (χ4v) is 2.94. The van der Waals surface area contributed by atoms with Gasteiger partial charge in [0, 0.05) is 17.6 Å². The molecule has 2 rings (SSSR count). The third-order valence-electron chi connectivity index (χ3n) is 3.83. The highest BCUT2D eigenvalue weighted by molar-refractivity contribution is 6.31. The second-order valence-corrected chi connectivity index (χ2v) is 5.97. The largest absolute Gasteiger partial charge is 0.375 e. The van der Waals surface area contributed by atoms with Crippen molar-refractivity contribution in [3.63, 3.8) is 0 Å². The molecule has 0 spiro atoms. The van der Waals surface area contributed by atoms with Crippen molar-refractivity contribution in [1.29, 1.82) is 0 Å². The monoisotopic (exact) mass is 281 g/mol. The highest BCUT2D eigenvalue weighted by Crippen LogP contribution is 2.23. The molecule has 1 aliphatic rings. The number of halogens is 1. The lowest BCUT2D eigenvalue weighted by Crippen LogP contribution is -2.35. The second kappa shape index (κ2) is 7.88. The van der Waals surface area contributed by atoms with E-state index in [1.165, 1.54) is 25.7 Å². The van der Waals surface area contributed by atoms with Crippen LogP contribution in [0.1, 0.15) is 38.2 Å². The van der Waals surface area contributed by atoms with Gasteiger partial charge in [-0.05, 0) is 30.4 Å². The minimum absolute atomic E-state index is 0.600. The fourth-order valence-electron chi connectivity index (χ4n) is 2.75. The Morgan fingerprint density at radius 3 is 2.95 bits per heavy atom. The quantitative estimate of drug-likeness (QED) is 0.795. The van der Waals surface area contributed by atoms with Gasteiger partial charge in [-0.3, -0.25) is 0 Å². The van der Waals surface area contributed by atoms with Crippen molar-refractivity contribution < 1.29 is 4.74 Å². The molecule has 0 saturated heterocycles. The number of ether oxygens (including phenoxy) is 1. The number of hydrogen-bond acceptors (Lipinski definition) is 2. The van der Waals surface area contributed by atoms with Crippen LogP contribution in [0.25, 0.3) is 0 Å². The van der Waals surface area contributed by atoms with E-state index in [2.05, 4.69) is 12.2 Å². The number of rotatable bonds is 6. The van der Waals surface area contributed by atoms with E-state index < -0.39 is 0 Å². The third kappa shape index (κ3) is 5.13. The molecule has 1 fully saturated rings. The van der Waals surface area contributed by atoms with Gasteiger partial charge >= 0.3 is 0 Å². The van der Waals surface area contributed by atoms with Crippen molar-refractivity contribution in [1.82, 2.24) is 5.32 Å². The van der Waals surface area contributed by atoms with E-state index in [0.29, 0.717) is 12.6 Å². The summed E-state index contributed by atoms with van der Waals surface area (Å²) in [7, 11) is 0. The molecule has 106 valence electrons. The summed E-state index contributed by atoms with van der Waals surface area (Å²) in [5.41, 5.74) is 1.07. The standard InChI is InChI=1S/C16H24ClNO/c1-13-5-4-7-15(11-13)18-9-10-19-12-14-6-2-3-8-16(14)17/h2-3,6,8,13,15,18H,4-5,7,9-12H2,1H3. The van der Waals surface area contributed by atoms with Crippen LogP contribution in [0.4, 0.5) is 0 Å². The third-order valence-corrected chi connectivity index (χ3v) is 4.20. The molecule has 1 aromatic carbocycles. The molecule has 0 aliphatic heterocycles. The van der Waals surface area contributed by atoms with Crippen molar-refractivity contribution in [2.75, 3.05) is 13.2 Å². The van der Waals surface area contributed by atoms with Gasteiger partial charge in [-0.1, -0.05) is 49.6 Å². The molecule has 3 heteroatoms. The predicted molar refractivity (Wildman–Crippen MR) is 80.5 cm³/mol. The molecular weight excluding hydrogens is 258 g/mol. The molecule has 1 N–H and O–H groups in total.